The minimum absolute atomic E-state index is 0.123. The lowest BCUT2D eigenvalue weighted by molar-refractivity contribution is -0.137. The molecule has 1 saturated heterocycles. The number of nitrogens with one attached hydrogen (secondary N) is 1. The van der Waals surface area contributed by atoms with Crippen molar-refractivity contribution in [2.75, 3.05) is 18.0 Å². The molecule has 2 nitrogen and oxygen atoms in total. The Kier molecular flexibility index (Phi) is 5.04. The predicted octanol–water partition coefficient (Wildman–Crippen LogP) is 4.33. The fourth-order valence-corrected chi connectivity index (χ4v) is 2.96. The highest BCUT2D eigenvalue weighted by molar-refractivity contribution is 6.31. The maximum atomic E-state index is 12.9. The third kappa shape index (κ3) is 4.04. The van der Waals surface area contributed by atoms with E-state index in [0.29, 0.717) is 18.3 Å². The molecule has 1 fully saturated rings. The zero-order chi connectivity index (χ0) is 15.6. The van der Waals surface area contributed by atoms with Crippen molar-refractivity contribution in [3.8, 4) is 0 Å². The van der Waals surface area contributed by atoms with Crippen molar-refractivity contribution >= 4 is 17.3 Å². The van der Waals surface area contributed by atoms with Crippen LogP contribution >= 0.6 is 11.6 Å². The number of alkyl halides is 3. The van der Waals surface area contributed by atoms with Gasteiger partial charge in [-0.05, 0) is 31.5 Å². The van der Waals surface area contributed by atoms with Crippen LogP contribution in [0.15, 0.2) is 18.2 Å². The Balaban J connectivity index is 2.29. The number of halogens is 4. The molecule has 1 aliphatic rings. The molecule has 1 aromatic rings. The summed E-state index contributed by atoms with van der Waals surface area (Å²) in [6, 6.07) is 4.22. The smallest absolute Gasteiger partial charge is 0.366 e. The number of rotatable bonds is 3. The van der Waals surface area contributed by atoms with Gasteiger partial charge in [-0.3, -0.25) is 0 Å². The highest BCUT2D eigenvalue weighted by atomic mass is 35.5. The molecule has 21 heavy (non-hydrogen) atoms. The molecule has 0 bridgehead atoms. The highest BCUT2D eigenvalue weighted by Gasteiger charge is 2.33. The Hall–Kier alpha value is -0.940. The molecule has 0 aliphatic carbocycles. The third-order valence-electron chi connectivity index (χ3n) is 3.83. The number of nitrogens with zero attached hydrogens (tertiary/aromatic N) is 1. The first-order valence-electron chi connectivity index (χ1n) is 7.19. The van der Waals surface area contributed by atoms with Crippen LogP contribution in [0, 0.1) is 0 Å². The molecule has 2 unspecified atom stereocenters. The van der Waals surface area contributed by atoms with Crippen LogP contribution in [0.2, 0.25) is 5.02 Å². The second-order valence-electron chi connectivity index (χ2n) is 5.59. The molecule has 0 spiro atoms. The van der Waals surface area contributed by atoms with Gasteiger partial charge in [0.05, 0.1) is 5.56 Å². The average molecular weight is 321 g/mol. The van der Waals surface area contributed by atoms with E-state index in [2.05, 4.69) is 12.2 Å². The average Bonchev–Trinajstić information content (AvgIpc) is 2.39. The van der Waals surface area contributed by atoms with Gasteiger partial charge in [0.1, 0.15) is 0 Å². The normalized spacial score (nSPS) is 23.4. The Morgan fingerprint density at radius 3 is 2.67 bits per heavy atom. The molecule has 1 N–H and O–H groups in total. The van der Waals surface area contributed by atoms with E-state index in [1.54, 1.807) is 6.07 Å². The number of anilines is 1. The van der Waals surface area contributed by atoms with E-state index in [1.165, 1.54) is 6.07 Å². The fourth-order valence-electron chi connectivity index (χ4n) is 2.73. The van der Waals surface area contributed by atoms with Gasteiger partial charge in [0.15, 0.2) is 0 Å². The van der Waals surface area contributed by atoms with Crippen LogP contribution in [0.4, 0.5) is 18.9 Å². The zero-order valence-electron chi connectivity index (χ0n) is 12.2. The van der Waals surface area contributed by atoms with E-state index in [-0.39, 0.29) is 11.1 Å². The van der Waals surface area contributed by atoms with Gasteiger partial charge in [-0.25, -0.2) is 0 Å². The van der Waals surface area contributed by atoms with Crippen molar-refractivity contribution < 1.29 is 13.2 Å². The summed E-state index contributed by atoms with van der Waals surface area (Å²) in [5, 5.41) is 3.55. The Morgan fingerprint density at radius 2 is 2.05 bits per heavy atom. The van der Waals surface area contributed by atoms with Crippen molar-refractivity contribution in [2.45, 2.75) is 44.9 Å². The van der Waals surface area contributed by atoms with Crippen LogP contribution in [0.1, 0.15) is 32.3 Å². The van der Waals surface area contributed by atoms with E-state index in [9.17, 15) is 13.2 Å². The molecule has 0 aromatic heterocycles. The van der Waals surface area contributed by atoms with Gasteiger partial charge < -0.3 is 10.2 Å². The van der Waals surface area contributed by atoms with Crippen LogP contribution in [0.3, 0.4) is 0 Å². The summed E-state index contributed by atoms with van der Waals surface area (Å²) >= 11 is 5.88. The molecule has 0 saturated carbocycles. The molecule has 1 aromatic carbocycles. The molecule has 1 aliphatic heterocycles. The van der Waals surface area contributed by atoms with Gasteiger partial charge >= 0.3 is 6.18 Å². The van der Waals surface area contributed by atoms with E-state index >= 15 is 0 Å². The van der Waals surface area contributed by atoms with Crippen LogP contribution in [0.25, 0.3) is 0 Å². The number of hydrogen-bond acceptors (Lipinski definition) is 2. The minimum Gasteiger partial charge on any atom is -0.366 e. The number of benzene rings is 1. The molecular weight excluding hydrogens is 301 g/mol. The van der Waals surface area contributed by atoms with Crippen molar-refractivity contribution in [3.63, 3.8) is 0 Å². The Bertz CT molecular complexity index is 490. The summed E-state index contributed by atoms with van der Waals surface area (Å²) in [5.41, 5.74) is -0.146. The second-order valence-corrected chi connectivity index (χ2v) is 6.03. The van der Waals surface area contributed by atoms with Crippen molar-refractivity contribution in [2.24, 2.45) is 0 Å². The molecule has 6 heteroatoms. The first kappa shape index (κ1) is 16.4. The molecule has 2 rings (SSSR count). The lowest BCUT2D eigenvalue weighted by Crippen LogP contribution is -2.55. The van der Waals surface area contributed by atoms with Crippen LogP contribution in [-0.2, 0) is 6.18 Å². The molecule has 0 amide bonds. The van der Waals surface area contributed by atoms with Gasteiger partial charge in [0.2, 0.25) is 0 Å². The van der Waals surface area contributed by atoms with E-state index in [1.807, 2.05) is 11.8 Å². The SMILES string of the molecule is CCCC1CN(c2cc(Cl)cc(C(F)(F)F)c2)C(C)CN1. The topological polar surface area (TPSA) is 15.3 Å². The van der Waals surface area contributed by atoms with Gasteiger partial charge in [0.25, 0.3) is 0 Å². The fraction of sp³-hybridized carbons (Fsp3) is 0.600. The van der Waals surface area contributed by atoms with Gasteiger partial charge in [0, 0.05) is 35.9 Å². The summed E-state index contributed by atoms with van der Waals surface area (Å²) in [7, 11) is 0. The number of hydrogen-bond donors (Lipinski definition) is 1. The lowest BCUT2D eigenvalue weighted by Gasteiger charge is -2.40. The summed E-state index contributed by atoms with van der Waals surface area (Å²) in [6.07, 6.45) is -2.32. The quantitative estimate of drug-likeness (QED) is 0.892. The van der Waals surface area contributed by atoms with Crippen molar-refractivity contribution in [1.82, 2.24) is 5.32 Å². The summed E-state index contributed by atoms with van der Waals surface area (Å²) < 4.78 is 38.8. The molecule has 118 valence electrons. The molecule has 0 radical (unpaired) electrons. The molecule has 2 atom stereocenters. The van der Waals surface area contributed by atoms with Gasteiger partial charge in [-0.2, -0.15) is 13.2 Å². The maximum absolute atomic E-state index is 12.9. The summed E-state index contributed by atoms with van der Waals surface area (Å²) in [5.74, 6) is 0. The van der Waals surface area contributed by atoms with Gasteiger partial charge in [-0.15, -0.1) is 0 Å². The highest BCUT2D eigenvalue weighted by Crippen LogP contribution is 2.35. The zero-order valence-corrected chi connectivity index (χ0v) is 12.9. The van der Waals surface area contributed by atoms with Crippen molar-refractivity contribution in [3.05, 3.63) is 28.8 Å². The Labute approximate surface area is 128 Å². The third-order valence-corrected chi connectivity index (χ3v) is 4.05. The monoisotopic (exact) mass is 320 g/mol. The second kappa shape index (κ2) is 6.44. The van der Waals surface area contributed by atoms with Crippen LogP contribution in [-0.4, -0.2) is 25.2 Å². The lowest BCUT2D eigenvalue weighted by atomic mass is 10.0. The maximum Gasteiger partial charge on any atom is 0.416 e. The van der Waals surface area contributed by atoms with Crippen LogP contribution in [0.5, 0.6) is 0 Å². The standard InChI is InChI=1S/C15H20ClF3N2/c1-3-4-13-9-21(10(2)8-20-13)14-6-11(15(17,18)19)5-12(16)7-14/h5-7,10,13,20H,3-4,8-9H2,1-2H3. The Morgan fingerprint density at radius 1 is 1.33 bits per heavy atom. The minimum atomic E-state index is -4.38. The molecular formula is C15H20ClF3N2. The van der Waals surface area contributed by atoms with Gasteiger partial charge in [-0.1, -0.05) is 24.9 Å². The van der Waals surface area contributed by atoms with E-state index in [0.717, 1.165) is 25.5 Å². The van der Waals surface area contributed by atoms with Crippen molar-refractivity contribution in [1.29, 1.82) is 0 Å². The summed E-state index contributed by atoms with van der Waals surface area (Å²) in [4.78, 5) is 2.01. The largest absolute Gasteiger partial charge is 0.416 e. The predicted molar refractivity (Wildman–Crippen MR) is 80.0 cm³/mol. The first-order valence-corrected chi connectivity index (χ1v) is 7.57. The number of piperazine rings is 1. The first-order chi connectivity index (χ1) is 9.81. The summed E-state index contributed by atoms with van der Waals surface area (Å²) in [6.45, 7) is 5.57. The van der Waals surface area contributed by atoms with E-state index in [4.69, 9.17) is 11.6 Å². The van der Waals surface area contributed by atoms with Crippen LogP contribution < -0.4 is 10.2 Å². The van der Waals surface area contributed by atoms with E-state index < -0.39 is 11.7 Å². The molecule has 1 heterocycles.